The predicted octanol–water partition coefficient (Wildman–Crippen LogP) is 2.24. The van der Waals surface area contributed by atoms with Crippen molar-refractivity contribution in [1.29, 1.82) is 0 Å². The van der Waals surface area contributed by atoms with Crippen LogP contribution in [0.4, 0.5) is 0 Å². The molecule has 0 aromatic heterocycles. The second-order valence-corrected chi connectivity index (χ2v) is 4.62. The molecule has 94 valence electrons. The quantitative estimate of drug-likeness (QED) is 0.819. The number of hydrogen-bond acceptors (Lipinski definition) is 3. The second-order valence-electron chi connectivity index (χ2n) is 4.18. The van der Waals surface area contributed by atoms with E-state index >= 15 is 0 Å². The maximum Gasteiger partial charge on any atom is 0.147 e. The average molecular weight is 256 g/mol. The lowest BCUT2D eigenvalue weighted by Gasteiger charge is -2.22. The lowest BCUT2D eigenvalue weighted by Crippen LogP contribution is -2.34. The van der Waals surface area contributed by atoms with Crippen LogP contribution in [0.5, 0.6) is 0 Å². The molecule has 0 aliphatic carbocycles. The third-order valence-corrected chi connectivity index (χ3v) is 3.10. The van der Waals surface area contributed by atoms with Gasteiger partial charge in [-0.2, -0.15) is 0 Å². The van der Waals surface area contributed by atoms with Gasteiger partial charge in [-0.3, -0.25) is 0 Å². The summed E-state index contributed by atoms with van der Waals surface area (Å²) in [7, 11) is 0. The summed E-state index contributed by atoms with van der Waals surface area (Å²) in [6.07, 6.45) is 2.29. The maximum absolute atomic E-state index is 5.83. The average Bonchev–Trinajstić information content (AvgIpc) is 2.38. The Labute approximate surface area is 107 Å². The monoisotopic (exact) mass is 255 g/mol. The van der Waals surface area contributed by atoms with Crippen molar-refractivity contribution in [3.8, 4) is 0 Å². The van der Waals surface area contributed by atoms with Gasteiger partial charge in [0, 0.05) is 11.6 Å². The molecular weight excluding hydrogens is 238 g/mol. The van der Waals surface area contributed by atoms with Crippen molar-refractivity contribution in [2.45, 2.75) is 18.9 Å². The molecule has 4 heteroatoms. The van der Waals surface area contributed by atoms with Gasteiger partial charge in [-0.25, -0.2) is 0 Å². The van der Waals surface area contributed by atoms with Crippen LogP contribution >= 0.6 is 11.6 Å². The van der Waals surface area contributed by atoms with Crippen molar-refractivity contribution >= 4 is 11.6 Å². The third kappa shape index (κ3) is 4.64. The molecule has 0 saturated carbocycles. The van der Waals surface area contributed by atoms with E-state index in [1.165, 1.54) is 5.56 Å². The molecule has 3 nitrogen and oxygen atoms in total. The van der Waals surface area contributed by atoms with Crippen molar-refractivity contribution in [3.63, 3.8) is 0 Å². The lowest BCUT2D eigenvalue weighted by atomic mass is 10.1. The Morgan fingerprint density at radius 2 is 2.12 bits per heavy atom. The molecule has 1 aromatic carbocycles. The number of rotatable bonds is 5. The van der Waals surface area contributed by atoms with Crippen LogP contribution in [0.3, 0.4) is 0 Å². The first-order valence-corrected chi connectivity index (χ1v) is 6.37. The minimum atomic E-state index is 0.300. The van der Waals surface area contributed by atoms with Crippen molar-refractivity contribution < 1.29 is 9.47 Å². The first-order chi connectivity index (χ1) is 8.34. The summed E-state index contributed by atoms with van der Waals surface area (Å²) < 4.78 is 10.6. The largest absolute Gasteiger partial charge is 0.355 e. The Morgan fingerprint density at radius 3 is 2.82 bits per heavy atom. The molecule has 17 heavy (non-hydrogen) atoms. The molecule has 1 aromatic rings. The van der Waals surface area contributed by atoms with Crippen LogP contribution in [0, 0.1) is 0 Å². The SMILES string of the molecule is Clc1ccc(CCNCC2CCOCO2)cc1. The van der Waals surface area contributed by atoms with Gasteiger partial charge in [-0.05, 0) is 37.1 Å². The van der Waals surface area contributed by atoms with E-state index in [0.29, 0.717) is 12.9 Å². The highest BCUT2D eigenvalue weighted by Crippen LogP contribution is 2.09. The van der Waals surface area contributed by atoms with Crippen LogP contribution in [0.25, 0.3) is 0 Å². The van der Waals surface area contributed by atoms with Gasteiger partial charge < -0.3 is 14.8 Å². The summed E-state index contributed by atoms with van der Waals surface area (Å²) in [6, 6.07) is 7.99. The van der Waals surface area contributed by atoms with Gasteiger partial charge in [-0.15, -0.1) is 0 Å². The van der Waals surface area contributed by atoms with E-state index in [0.717, 1.165) is 37.6 Å². The second kappa shape index (κ2) is 6.97. The number of nitrogens with one attached hydrogen (secondary N) is 1. The van der Waals surface area contributed by atoms with E-state index < -0.39 is 0 Å². The van der Waals surface area contributed by atoms with Crippen LogP contribution < -0.4 is 5.32 Å². The zero-order valence-corrected chi connectivity index (χ0v) is 10.6. The molecule has 1 atom stereocenters. The van der Waals surface area contributed by atoms with Gasteiger partial charge >= 0.3 is 0 Å². The predicted molar refractivity (Wildman–Crippen MR) is 68.3 cm³/mol. The van der Waals surface area contributed by atoms with Crippen molar-refractivity contribution in [3.05, 3.63) is 34.9 Å². The molecule has 1 N–H and O–H groups in total. The molecule has 2 rings (SSSR count). The molecule has 1 fully saturated rings. The standard InChI is InChI=1S/C13H18ClNO2/c14-12-3-1-11(2-4-12)5-7-15-9-13-6-8-16-10-17-13/h1-4,13,15H,5-10H2. The Morgan fingerprint density at radius 1 is 1.29 bits per heavy atom. The number of ether oxygens (including phenoxy) is 2. The maximum atomic E-state index is 5.83. The molecule has 0 amide bonds. The minimum absolute atomic E-state index is 0.300. The zero-order valence-electron chi connectivity index (χ0n) is 9.82. The first-order valence-electron chi connectivity index (χ1n) is 5.99. The molecule has 0 radical (unpaired) electrons. The van der Waals surface area contributed by atoms with E-state index in [-0.39, 0.29) is 0 Å². The summed E-state index contributed by atoms with van der Waals surface area (Å²) in [5, 5.41) is 4.19. The third-order valence-electron chi connectivity index (χ3n) is 2.85. The summed E-state index contributed by atoms with van der Waals surface area (Å²) in [5.41, 5.74) is 1.30. The van der Waals surface area contributed by atoms with Crippen LogP contribution in [0.15, 0.2) is 24.3 Å². The van der Waals surface area contributed by atoms with Gasteiger partial charge in [0.2, 0.25) is 0 Å². The highest BCUT2D eigenvalue weighted by molar-refractivity contribution is 6.30. The van der Waals surface area contributed by atoms with Gasteiger partial charge in [0.1, 0.15) is 6.79 Å². The highest BCUT2D eigenvalue weighted by atomic mass is 35.5. The van der Waals surface area contributed by atoms with Gasteiger partial charge in [0.25, 0.3) is 0 Å². The minimum Gasteiger partial charge on any atom is -0.355 e. The summed E-state index contributed by atoms with van der Waals surface area (Å²) in [6.45, 7) is 3.10. The Kier molecular flexibility index (Phi) is 5.26. The summed E-state index contributed by atoms with van der Waals surface area (Å²) in [4.78, 5) is 0. The highest BCUT2D eigenvalue weighted by Gasteiger charge is 2.12. The van der Waals surface area contributed by atoms with Gasteiger partial charge in [-0.1, -0.05) is 23.7 Å². The molecule has 1 aliphatic heterocycles. The Bertz CT molecular complexity index is 323. The van der Waals surface area contributed by atoms with Crippen LogP contribution in [-0.4, -0.2) is 32.6 Å². The van der Waals surface area contributed by atoms with Crippen LogP contribution in [-0.2, 0) is 15.9 Å². The molecule has 1 unspecified atom stereocenters. The van der Waals surface area contributed by atoms with Gasteiger partial charge in [0.15, 0.2) is 0 Å². The van der Waals surface area contributed by atoms with Crippen molar-refractivity contribution in [2.75, 3.05) is 26.5 Å². The van der Waals surface area contributed by atoms with Crippen molar-refractivity contribution in [2.24, 2.45) is 0 Å². The molecular formula is C13H18ClNO2. The summed E-state index contributed by atoms with van der Waals surface area (Å²) in [5.74, 6) is 0. The van der Waals surface area contributed by atoms with E-state index in [4.69, 9.17) is 21.1 Å². The number of benzene rings is 1. The fourth-order valence-corrected chi connectivity index (χ4v) is 1.94. The smallest absolute Gasteiger partial charge is 0.147 e. The Balaban J connectivity index is 1.60. The topological polar surface area (TPSA) is 30.5 Å². The van der Waals surface area contributed by atoms with Crippen LogP contribution in [0.1, 0.15) is 12.0 Å². The first kappa shape index (κ1) is 12.8. The van der Waals surface area contributed by atoms with E-state index in [2.05, 4.69) is 17.4 Å². The summed E-state index contributed by atoms with van der Waals surface area (Å²) >= 11 is 5.83. The lowest BCUT2D eigenvalue weighted by molar-refractivity contribution is -0.137. The molecule has 1 saturated heterocycles. The van der Waals surface area contributed by atoms with E-state index in [1.807, 2.05) is 12.1 Å². The number of halogens is 1. The van der Waals surface area contributed by atoms with E-state index in [1.54, 1.807) is 0 Å². The molecule has 0 spiro atoms. The van der Waals surface area contributed by atoms with Crippen LogP contribution in [0.2, 0.25) is 5.02 Å². The molecule has 1 heterocycles. The van der Waals surface area contributed by atoms with Crippen molar-refractivity contribution in [1.82, 2.24) is 5.32 Å². The van der Waals surface area contributed by atoms with E-state index in [9.17, 15) is 0 Å². The zero-order chi connectivity index (χ0) is 11.9. The van der Waals surface area contributed by atoms with Gasteiger partial charge in [0.05, 0.1) is 12.7 Å². The normalized spacial score (nSPS) is 20.4. The number of hydrogen-bond donors (Lipinski definition) is 1. The Hall–Kier alpha value is -0.610. The fourth-order valence-electron chi connectivity index (χ4n) is 1.81. The fraction of sp³-hybridized carbons (Fsp3) is 0.538. The molecule has 1 aliphatic rings. The molecule has 0 bridgehead atoms.